The van der Waals surface area contributed by atoms with Crippen LogP contribution in [0.3, 0.4) is 0 Å². The topological polar surface area (TPSA) is 106 Å². The van der Waals surface area contributed by atoms with Gasteiger partial charge in [0.15, 0.2) is 5.54 Å². The number of nitrogens with zero attached hydrogens (tertiary/aromatic N) is 5. The van der Waals surface area contributed by atoms with Gasteiger partial charge in [0.2, 0.25) is 0 Å². The Bertz CT molecular complexity index is 1770. The molecule has 0 unspecified atom stereocenters. The van der Waals surface area contributed by atoms with E-state index in [1.807, 2.05) is 32.1 Å². The lowest BCUT2D eigenvalue weighted by Gasteiger charge is -2.28. The van der Waals surface area contributed by atoms with Crippen molar-refractivity contribution in [2.45, 2.75) is 65.2 Å². The molecule has 2 aromatic heterocycles. The normalized spacial score (nSPS) is 17.3. The lowest BCUT2D eigenvalue weighted by atomic mass is 9.96. The monoisotopic (exact) mass is 651 g/mol. The van der Waals surface area contributed by atoms with Crippen molar-refractivity contribution in [2.75, 3.05) is 17.2 Å². The fourth-order valence-corrected chi connectivity index (χ4v) is 5.57. The number of alkyl halides is 3. The highest BCUT2D eigenvalue weighted by molar-refractivity contribution is 6.35. The van der Waals surface area contributed by atoms with Gasteiger partial charge in [0.1, 0.15) is 6.07 Å². The third-order valence-electron chi connectivity index (χ3n) is 8.05. The Morgan fingerprint density at radius 3 is 2.61 bits per heavy atom. The smallest absolute Gasteiger partial charge is 0.383 e. The van der Waals surface area contributed by atoms with Crippen LogP contribution in [0, 0.1) is 16.7 Å². The van der Waals surface area contributed by atoms with E-state index < -0.39 is 17.8 Å². The number of rotatable bonds is 10. The number of allylic oxidation sites excluding steroid dienone is 3. The highest BCUT2D eigenvalue weighted by atomic mass is 35.5. The summed E-state index contributed by atoms with van der Waals surface area (Å²) in [6.45, 7) is 15.0. The first kappa shape index (κ1) is 32.9. The van der Waals surface area contributed by atoms with Crippen LogP contribution >= 0.6 is 11.6 Å². The molecule has 46 heavy (non-hydrogen) atoms. The highest BCUT2D eigenvalue weighted by Crippen LogP contribution is 2.53. The molecule has 3 aromatic rings. The van der Waals surface area contributed by atoms with Crippen molar-refractivity contribution in [1.29, 1.82) is 5.26 Å². The molecule has 1 fully saturated rings. The molecule has 5 rings (SSSR count). The molecule has 2 aliphatic rings. The molecule has 4 N–H and O–H groups in total. The molecule has 242 valence electrons. The summed E-state index contributed by atoms with van der Waals surface area (Å²) in [4.78, 5) is 4.45. The lowest BCUT2D eigenvalue weighted by molar-refractivity contribution is -0.195. The maximum atomic E-state index is 14.0. The van der Waals surface area contributed by atoms with Gasteiger partial charge in [-0.2, -0.15) is 23.5 Å². The number of fused-ring (bicyclic) bond motifs is 1. The molecule has 0 bridgehead atoms. The number of aromatic nitrogens is 3. The van der Waals surface area contributed by atoms with Gasteiger partial charge >= 0.3 is 6.18 Å². The van der Waals surface area contributed by atoms with E-state index in [1.165, 1.54) is 12.4 Å². The van der Waals surface area contributed by atoms with Gasteiger partial charge in [0.25, 0.3) is 0 Å². The van der Waals surface area contributed by atoms with Gasteiger partial charge in [-0.25, -0.2) is 4.68 Å². The van der Waals surface area contributed by atoms with Crippen LogP contribution in [0.4, 0.5) is 24.5 Å². The van der Waals surface area contributed by atoms with Crippen molar-refractivity contribution in [2.24, 2.45) is 5.41 Å². The van der Waals surface area contributed by atoms with E-state index in [1.54, 1.807) is 29.2 Å². The summed E-state index contributed by atoms with van der Waals surface area (Å²) in [5.74, 6) is 0. The van der Waals surface area contributed by atoms with Crippen LogP contribution < -0.4 is 21.6 Å². The van der Waals surface area contributed by atoms with Crippen LogP contribution in [0.1, 0.15) is 53.0 Å². The first-order valence-electron chi connectivity index (χ1n) is 14.8. The van der Waals surface area contributed by atoms with Crippen LogP contribution in [0.25, 0.3) is 16.6 Å². The predicted molar refractivity (Wildman–Crippen MR) is 176 cm³/mol. The van der Waals surface area contributed by atoms with E-state index in [0.717, 1.165) is 16.3 Å². The quantitative estimate of drug-likeness (QED) is 0.167. The molecule has 1 saturated carbocycles. The Labute approximate surface area is 271 Å². The Hall–Kier alpha value is -4.47. The van der Waals surface area contributed by atoms with Crippen molar-refractivity contribution < 1.29 is 13.2 Å². The van der Waals surface area contributed by atoms with Crippen molar-refractivity contribution in [1.82, 2.24) is 30.7 Å². The summed E-state index contributed by atoms with van der Waals surface area (Å²) in [5, 5.41) is 23.2. The number of anilines is 2. The zero-order valence-corrected chi connectivity index (χ0v) is 27.1. The first-order valence-corrected chi connectivity index (χ1v) is 15.2. The number of hydrazine groups is 2. The van der Waals surface area contributed by atoms with Crippen LogP contribution in [-0.2, 0) is 0 Å². The maximum absolute atomic E-state index is 14.0. The summed E-state index contributed by atoms with van der Waals surface area (Å²) in [7, 11) is 0. The van der Waals surface area contributed by atoms with Gasteiger partial charge in [-0.1, -0.05) is 45.0 Å². The Kier molecular flexibility index (Phi) is 8.86. The van der Waals surface area contributed by atoms with Crippen LogP contribution in [0.2, 0.25) is 5.02 Å². The number of hydrogen-bond donors (Lipinski definition) is 4. The molecule has 1 aliphatic carbocycles. The molecule has 1 aliphatic heterocycles. The van der Waals surface area contributed by atoms with E-state index in [0.29, 0.717) is 50.7 Å². The molecule has 3 heterocycles. The van der Waals surface area contributed by atoms with E-state index >= 15 is 0 Å². The number of halogens is 4. The largest absolute Gasteiger partial charge is 0.413 e. The van der Waals surface area contributed by atoms with Crippen molar-refractivity contribution in [3.8, 4) is 6.07 Å². The van der Waals surface area contributed by atoms with Crippen molar-refractivity contribution in [3.63, 3.8) is 0 Å². The maximum Gasteiger partial charge on any atom is 0.413 e. The summed E-state index contributed by atoms with van der Waals surface area (Å²) in [6.07, 6.45) is 5.71. The van der Waals surface area contributed by atoms with Gasteiger partial charge in [-0.3, -0.25) is 9.99 Å². The number of benzene rings is 1. The molecule has 0 amide bonds. The SMILES string of the molecule is C=C(/C(C)=C(\C=C/C)n1cccn1)[C@H](Nc1cc(Cl)c2ncc(C#N)c(NCC(C)(C)C)c2c1)C1=CN(C2(C(F)(F)F)CC2)NN1. The van der Waals surface area contributed by atoms with Crippen LogP contribution in [0.5, 0.6) is 0 Å². The fraction of sp³-hybridized carbons (Fsp3) is 0.364. The Morgan fingerprint density at radius 1 is 1.28 bits per heavy atom. The summed E-state index contributed by atoms with van der Waals surface area (Å²) < 4.78 is 43.8. The number of nitrogens with one attached hydrogen (secondary N) is 4. The number of hydrogen-bond acceptors (Lipinski definition) is 8. The minimum Gasteiger partial charge on any atom is -0.383 e. The lowest BCUT2D eigenvalue weighted by Crippen LogP contribution is -2.52. The molecular weight excluding hydrogens is 615 g/mol. The second-order valence-electron chi connectivity index (χ2n) is 12.7. The molecule has 1 atom stereocenters. The molecular formula is C33H37ClF3N9. The van der Waals surface area contributed by atoms with E-state index in [4.69, 9.17) is 11.6 Å². The van der Waals surface area contributed by atoms with Gasteiger partial charge in [0.05, 0.1) is 39.2 Å². The first-order chi connectivity index (χ1) is 21.7. The van der Waals surface area contributed by atoms with Gasteiger partial charge in [-0.15, -0.1) is 5.53 Å². The molecule has 0 saturated heterocycles. The molecule has 1 aromatic carbocycles. The molecule has 0 spiro atoms. The average molecular weight is 652 g/mol. The Morgan fingerprint density at radius 2 is 2.02 bits per heavy atom. The standard InChI is InChI=1S/C33H37ClF3N9/c1-7-9-27(45-13-8-12-41-45)20(2)21(3)28(26-18-46(44-43-26)32(10-11-32)33(35,36)37)42-23-14-24-29(40-19-31(4,5)6)22(16-38)17-39-30(24)25(34)15-23/h7-9,12-15,17-18,28,42-44H,3,10-11,19H2,1-2,4-6H3,(H,39,40)/b9-7-,27-20+/t28-/m0/s1. The minimum atomic E-state index is -4.42. The average Bonchev–Trinajstić information content (AvgIpc) is 3.39. The van der Waals surface area contributed by atoms with E-state index in [2.05, 4.69) is 65.1 Å². The highest BCUT2D eigenvalue weighted by Gasteiger charge is 2.67. The zero-order valence-electron chi connectivity index (χ0n) is 26.3. The minimum absolute atomic E-state index is 0.0173. The zero-order chi connectivity index (χ0) is 33.4. The van der Waals surface area contributed by atoms with Gasteiger partial charge < -0.3 is 16.1 Å². The van der Waals surface area contributed by atoms with Crippen LogP contribution in [0.15, 0.2) is 78.6 Å². The van der Waals surface area contributed by atoms with Gasteiger partial charge in [-0.05, 0) is 67.5 Å². The number of pyridine rings is 1. The molecule has 0 radical (unpaired) electrons. The van der Waals surface area contributed by atoms with Crippen molar-refractivity contribution >= 4 is 39.6 Å². The van der Waals surface area contributed by atoms with Crippen LogP contribution in [-0.4, -0.2) is 44.1 Å². The van der Waals surface area contributed by atoms with Crippen molar-refractivity contribution in [3.05, 3.63) is 89.1 Å². The Balaban J connectivity index is 1.61. The van der Waals surface area contributed by atoms with Gasteiger partial charge in [0, 0.05) is 42.4 Å². The molecule has 13 heteroatoms. The van der Waals surface area contributed by atoms with E-state index in [-0.39, 0.29) is 18.3 Å². The number of nitriles is 1. The second-order valence-corrected chi connectivity index (χ2v) is 13.1. The third-order valence-corrected chi connectivity index (χ3v) is 8.34. The molecule has 9 nitrogen and oxygen atoms in total. The third kappa shape index (κ3) is 6.43. The summed E-state index contributed by atoms with van der Waals surface area (Å²) in [5.41, 5.74) is 8.13. The van der Waals surface area contributed by atoms with E-state index in [9.17, 15) is 18.4 Å². The summed E-state index contributed by atoms with van der Waals surface area (Å²) in [6, 6.07) is 6.81. The summed E-state index contributed by atoms with van der Waals surface area (Å²) >= 11 is 6.76. The fourth-order valence-electron chi connectivity index (χ4n) is 5.30. The predicted octanol–water partition coefficient (Wildman–Crippen LogP) is 7.52. The second kappa shape index (κ2) is 12.4.